The van der Waals surface area contributed by atoms with E-state index in [-0.39, 0.29) is 10.6 Å². The Labute approximate surface area is 123 Å². The quantitative estimate of drug-likeness (QED) is 0.917. The number of pyridine rings is 1. The average molecular weight is 356 g/mol. The minimum atomic E-state index is -3.94. The minimum absolute atomic E-state index is 0.244. The summed E-state index contributed by atoms with van der Waals surface area (Å²) in [5.41, 5.74) is 0.625. The maximum Gasteiger partial charge on any atom is 0.263 e. The first-order valence-electron chi connectivity index (χ1n) is 5.25. The van der Waals surface area contributed by atoms with Crippen molar-refractivity contribution in [3.05, 3.63) is 52.5 Å². The van der Waals surface area contributed by atoms with Crippen LogP contribution < -0.4 is 4.72 Å². The van der Waals surface area contributed by atoms with Crippen LogP contribution in [-0.4, -0.2) is 13.4 Å². The van der Waals surface area contributed by atoms with E-state index in [9.17, 15) is 12.8 Å². The second-order valence-electron chi connectivity index (χ2n) is 3.75. The second kappa shape index (κ2) is 5.56. The number of nitrogens with zero attached hydrogens (tertiary/aromatic N) is 2. The third-order valence-corrected chi connectivity index (χ3v) is 4.32. The second-order valence-corrected chi connectivity index (χ2v) is 6.29. The molecule has 102 valence electrons. The number of halogens is 2. The Kier molecular flexibility index (Phi) is 4.01. The van der Waals surface area contributed by atoms with E-state index in [1.54, 1.807) is 0 Å². The molecular weight excluding hydrogens is 349 g/mol. The zero-order valence-corrected chi connectivity index (χ0v) is 12.2. The Bertz CT molecular complexity index is 803. The largest absolute Gasteiger partial charge is 0.278 e. The van der Waals surface area contributed by atoms with Crippen molar-refractivity contribution in [2.24, 2.45) is 0 Å². The van der Waals surface area contributed by atoms with Gasteiger partial charge in [-0.25, -0.2) is 12.8 Å². The molecule has 0 spiro atoms. The summed E-state index contributed by atoms with van der Waals surface area (Å²) in [5.74, 6) is -0.744. The van der Waals surface area contributed by atoms with Gasteiger partial charge >= 0.3 is 0 Å². The molecule has 0 unspecified atom stereocenters. The highest BCUT2D eigenvalue weighted by Crippen LogP contribution is 2.26. The molecule has 0 aliphatic heterocycles. The Balaban J connectivity index is 2.36. The number of anilines is 1. The van der Waals surface area contributed by atoms with Crippen LogP contribution in [0.5, 0.6) is 0 Å². The van der Waals surface area contributed by atoms with Crippen molar-refractivity contribution in [3.63, 3.8) is 0 Å². The third kappa shape index (κ3) is 3.12. The molecule has 0 saturated carbocycles. The molecule has 0 atom stereocenters. The van der Waals surface area contributed by atoms with Gasteiger partial charge in [-0.3, -0.25) is 9.71 Å². The molecule has 20 heavy (non-hydrogen) atoms. The predicted molar refractivity (Wildman–Crippen MR) is 73.9 cm³/mol. The van der Waals surface area contributed by atoms with E-state index in [0.29, 0.717) is 10.0 Å². The van der Waals surface area contributed by atoms with Gasteiger partial charge in [0.1, 0.15) is 10.7 Å². The number of sulfonamides is 1. The van der Waals surface area contributed by atoms with Gasteiger partial charge in [-0.15, -0.1) is 0 Å². The molecule has 0 amide bonds. The highest BCUT2D eigenvalue weighted by atomic mass is 79.9. The first-order valence-corrected chi connectivity index (χ1v) is 7.53. The molecule has 5 nitrogen and oxygen atoms in total. The lowest BCUT2D eigenvalue weighted by Gasteiger charge is -2.09. The van der Waals surface area contributed by atoms with Crippen LogP contribution in [0.2, 0.25) is 0 Å². The normalized spacial score (nSPS) is 10.8. The lowest BCUT2D eigenvalue weighted by Crippen LogP contribution is -2.13. The van der Waals surface area contributed by atoms with Crippen LogP contribution in [0.4, 0.5) is 10.1 Å². The number of hydrogen-bond donors (Lipinski definition) is 1. The Hall–Kier alpha value is -1.98. The summed E-state index contributed by atoms with van der Waals surface area (Å²) in [6.07, 6.45) is 1.96. The standard InChI is InChI=1S/C12H7BrFN3O2S/c13-11-3-8(5-15)1-2-12(11)17-20(18,19)10-4-9(14)6-16-7-10/h1-4,6-7,17H. The van der Waals surface area contributed by atoms with E-state index < -0.39 is 15.8 Å². The maximum atomic E-state index is 13.0. The van der Waals surface area contributed by atoms with E-state index >= 15 is 0 Å². The first kappa shape index (κ1) is 14.4. The van der Waals surface area contributed by atoms with E-state index in [4.69, 9.17) is 5.26 Å². The van der Waals surface area contributed by atoms with Crippen molar-refractivity contribution in [2.45, 2.75) is 4.90 Å². The smallest absolute Gasteiger partial charge is 0.263 e. The SMILES string of the molecule is N#Cc1ccc(NS(=O)(=O)c2cncc(F)c2)c(Br)c1. The summed E-state index contributed by atoms with van der Waals surface area (Å²) < 4.78 is 39.8. The fourth-order valence-electron chi connectivity index (χ4n) is 1.41. The summed E-state index contributed by atoms with van der Waals surface area (Å²) in [6.45, 7) is 0. The number of rotatable bonds is 3. The molecule has 2 aromatic rings. The summed E-state index contributed by atoms with van der Waals surface area (Å²) in [5, 5.41) is 8.73. The van der Waals surface area contributed by atoms with Crippen LogP contribution in [0.3, 0.4) is 0 Å². The highest BCUT2D eigenvalue weighted by molar-refractivity contribution is 9.10. The van der Waals surface area contributed by atoms with E-state index in [2.05, 4.69) is 25.6 Å². The molecule has 1 N–H and O–H groups in total. The van der Waals surface area contributed by atoms with Crippen molar-refractivity contribution >= 4 is 31.6 Å². The van der Waals surface area contributed by atoms with E-state index in [0.717, 1.165) is 18.5 Å². The Morgan fingerprint density at radius 1 is 1.30 bits per heavy atom. The van der Waals surface area contributed by atoms with Crippen molar-refractivity contribution in [2.75, 3.05) is 4.72 Å². The average Bonchev–Trinajstić information content (AvgIpc) is 2.41. The van der Waals surface area contributed by atoms with Crippen LogP contribution in [0.25, 0.3) is 0 Å². The molecule has 0 radical (unpaired) electrons. The van der Waals surface area contributed by atoms with Gasteiger partial charge in [0.2, 0.25) is 0 Å². The first-order chi connectivity index (χ1) is 9.42. The van der Waals surface area contributed by atoms with Gasteiger partial charge in [0.15, 0.2) is 0 Å². The predicted octanol–water partition coefficient (Wildman–Crippen LogP) is 2.66. The number of hydrogen-bond acceptors (Lipinski definition) is 4. The topological polar surface area (TPSA) is 82.9 Å². The van der Waals surface area contributed by atoms with Crippen LogP contribution >= 0.6 is 15.9 Å². The molecular formula is C12H7BrFN3O2S. The molecule has 0 aliphatic rings. The van der Waals surface area contributed by atoms with Gasteiger partial charge in [-0.1, -0.05) is 0 Å². The molecule has 0 saturated heterocycles. The molecule has 0 bridgehead atoms. The number of benzene rings is 1. The van der Waals surface area contributed by atoms with Gasteiger partial charge < -0.3 is 0 Å². The molecule has 1 aromatic heterocycles. The molecule has 1 heterocycles. The van der Waals surface area contributed by atoms with Crippen LogP contribution in [0, 0.1) is 17.1 Å². The van der Waals surface area contributed by atoms with Crippen molar-refractivity contribution in [1.29, 1.82) is 5.26 Å². The lowest BCUT2D eigenvalue weighted by atomic mass is 10.2. The molecule has 1 aromatic carbocycles. The van der Waals surface area contributed by atoms with Gasteiger partial charge in [0.05, 0.1) is 23.5 Å². The summed E-state index contributed by atoms with van der Waals surface area (Å²) in [7, 11) is -3.94. The minimum Gasteiger partial charge on any atom is -0.278 e. The highest BCUT2D eigenvalue weighted by Gasteiger charge is 2.17. The summed E-state index contributed by atoms with van der Waals surface area (Å²) in [4.78, 5) is 3.21. The molecule has 2 rings (SSSR count). The van der Waals surface area contributed by atoms with Crippen molar-refractivity contribution in [1.82, 2.24) is 4.98 Å². The zero-order chi connectivity index (χ0) is 14.8. The number of nitrogens with one attached hydrogen (secondary N) is 1. The lowest BCUT2D eigenvalue weighted by molar-refractivity contribution is 0.592. The Morgan fingerprint density at radius 3 is 2.65 bits per heavy atom. The van der Waals surface area contributed by atoms with E-state index in [1.807, 2.05) is 6.07 Å². The summed E-state index contributed by atoms with van der Waals surface area (Å²) >= 11 is 3.16. The van der Waals surface area contributed by atoms with Crippen molar-refractivity contribution < 1.29 is 12.8 Å². The van der Waals surface area contributed by atoms with Crippen LogP contribution in [0.15, 0.2) is 46.0 Å². The fourth-order valence-corrected chi connectivity index (χ4v) is 3.07. The zero-order valence-electron chi connectivity index (χ0n) is 9.84. The van der Waals surface area contributed by atoms with Gasteiger partial charge in [0.25, 0.3) is 10.0 Å². The van der Waals surface area contributed by atoms with Gasteiger partial charge in [-0.2, -0.15) is 5.26 Å². The fraction of sp³-hybridized carbons (Fsp3) is 0. The van der Waals surface area contributed by atoms with Gasteiger partial charge in [0, 0.05) is 10.7 Å². The molecule has 0 aliphatic carbocycles. The van der Waals surface area contributed by atoms with Gasteiger partial charge in [-0.05, 0) is 40.2 Å². The molecule has 8 heteroatoms. The number of aromatic nitrogens is 1. The third-order valence-electron chi connectivity index (χ3n) is 2.33. The van der Waals surface area contributed by atoms with Crippen LogP contribution in [0.1, 0.15) is 5.56 Å². The Morgan fingerprint density at radius 2 is 2.05 bits per heavy atom. The summed E-state index contributed by atoms with van der Waals surface area (Å²) in [6, 6.07) is 7.17. The van der Waals surface area contributed by atoms with Crippen molar-refractivity contribution in [3.8, 4) is 6.07 Å². The molecule has 0 fully saturated rings. The number of nitriles is 1. The monoisotopic (exact) mass is 355 g/mol. The maximum absolute atomic E-state index is 13.0. The van der Waals surface area contributed by atoms with E-state index in [1.165, 1.54) is 18.2 Å². The van der Waals surface area contributed by atoms with Crippen LogP contribution in [-0.2, 0) is 10.0 Å².